The predicted octanol–water partition coefficient (Wildman–Crippen LogP) is 3.64. The molecule has 0 unspecified atom stereocenters. The number of halogens is 1. The molecule has 0 fully saturated rings. The summed E-state index contributed by atoms with van der Waals surface area (Å²) in [5, 5.41) is 15.0. The minimum absolute atomic E-state index is 0.0681. The fourth-order valence-corrected chi connectivity index (χ4v) is 4.36. The second-order valence-corrected chi connectivity index (χ2v) is 6.91. The van der Waals surface area contributed by atoms with E-state index in [1.165, 1.54) is 0 Å². The molecule has 116 valence electrons. The van der Waals surface area contributed by atoms with Crippen LogP contribution in [0.5, 0.6) is 0 Å². The van der Waals surface area contributed by atoms with Crippen molar-refractivity contribution in [3.63, 3.8) is 0 Å². The quantitative estimate of drug-likeness (QED) is 0.823. The van der Waals surface area contributed by atoms with Gasteiger partial charge in [0.2, 0.25) is 0 Å². The van der Waals surface area contributed by atoms with Crippen LogP contribution in [0.1, 0.15) is 39.9 Å². The van der Waals surface area contributed by atoms with Crippen LogP contribution < -0.4 is 10.4 Å². The number of nitrogens with one attached hydrogen (secondary N) is 1. The number of carbonyl (C=O) groups is 1. The molecule has 1 aliphatic heterocycles. The van der Waals surface area contributed by atoms with Crippen molar-refractivity contribution < 1.29 is 9.90 Å². The Bertz CT molecular complexity index is 815. The number of benzene rings is 2. The van der Waals surface area contributed by atoms with E-state index in [4.69, 9.17) is 0 Å². The van der Waals surface area contributed by atoms with E-state index in [2.05, 4.69) is 39.5 Å². The zero-order chi connectivity index (χ0) is 16.0. The van der Waals surface area contributed by atoms with Crippen molar-refractivity contribution in [2.75, 3.05) is 5.32 Å². The summed E-state index contributed by atoms with van der Waals surface area (Å²) in [7, 11) is 0. The summed E-state index contributed by atoms with van der Waals surface area (Å²) >= 11 is 3.63. The topological polar surface area (TPSA) is 52.2 Å². The first-order chi connectivity index (χ1) is 11.2. The Balaban J connectivity index is 1.87. The molecule has 3 nitrogen and oxygen atoms in total. The maximum absolute atomic E-state index is 11.5. The molecule has 2 aromatic rings. The van der Waals surface area contributed by atoms with Gasteiger partial charge in [0.15, 0.2) is 0 Å². The predicted molar refractivity (Wildman–Crippen MR) is 91.3 cm³/mol. The SMILES string of the molecule is O=C([O-])c1cccc2c1N[C@@H](c1ccccc1Br)[C@H]1CC=C[C@H]21. The molecule has 4 rings (SSSR count). The Labute approximate surface area is 143 Å². The van der Waals surface area contributed by atoms with Gasteiger partial charge in [-0.05, 0) is 29.5 Å². The molecule has 2 aromatic carbocycles. The molecule has 1 aliphatic carbocycles. The summed E-state index contributed by atoms with van der Waals surface area (Å²) in [5.41, 5.74) is 3.14. The van der Waals surface area contributed by atoms with Crippen molar-refractivity contribution in [1.82, 2.24) is 0 Å². The standard InChI is InChI=1S/C19H16BrNO2/c20-16-10-2-1-5-14(16)17-12-7-3-6-11(12)13-8-4-9-15(19(22)23)18(13)21-17/h1-6,8-12,17,21H,7H2,(H,22,23)/p-1/t11-,12-,17+/m0/s1. The van der Waals surface area contributed by atoms with Gasteiger partial charge < -0.3 is 15.2 Å². The van der Waals surface area contributed by atoms with Crippen LogP contribution in [0.25, 0.3) is 0 Å². The summed E-state index contributed by atoms with van der Waals surface area (Å²) in [4.78, 5) is 11.5. The van der Waals surface area contributed by atoms with Gasteiger partial charge in [0.25, 0.3) is 0 Å². The van der Waals surface area contributed by atoms with E-state index in [0.717, 1.165) is 22.0 Å². The number of carboxylic acid groups (broad SMARTS) is 1. The number of aromatic carboxylic acids is 1. The molecular formula is C19H15BrNO2-. The van der Waals surface area contributed by atoms with E-state index in [9.17, 15) is 9.90 Å². The zero-order valence-electron chi connectivity index (χ0n) is 12.3. The third kappa shape index (κ3) is 2.29. The lowest BCUT2D eigenvalue weighted by atomic mass is 9.76. The van der Waals surface area contributed by atoms with Crippen LogP contribution in [-0.2, 0) is 0 Å². The average Bonchev–Trinajstić information content (AvgIpc) is 3.04. The number of carbonyl (C=O) groups excluding carboxylic acids is 1. The molecule has 0 saturated heterocycles. The molecule has 1 heterocycles. The maximum atomic E-state index is 11.5. The molecule has 23 heavy (non-hydrogen) atoms. The van der Waals surface area contributed by atoms with Gasteiger partial charge in [-0.1, -0.05) is 64.5 Å². The number of rotatable bonds is 2. The molecule has 0 radical (unpaired) electrons. The minimum atomic E-state index is -1.14. The van der Waals surface area contributed by atoms with Crippen LogP contribution in [0.4, 0.5) is 5.69 Å². The van der Waals surface area contributed by atoms with E-state index >= 15 is 0 Å². The number of fused-ring (bicyclic) bond motifs is 3. The Morgan fingerprint density at radius 2 is 1.91 bits per heavy atom. The first-order valence-corrected chi connectivity index (χ1v) is 8.48. The van der Waals surface area contributed by atoms with Gasteiger partial charge in [0, 0.05) is 21.6 Å². The summed E-state index contributed by atoms with van der Waals surface area (Å²) in [6.07, 6.45) is 5.38. The van der Waals surface area contributed by atoms with Gasteiger partial charge in [-0.3, -0.25) is 0 Å². The highest BCUT2D eigenvalue weighted by Crippen LogP contribution is 2.51. The molecule has 0 aromatic heterocycles. The van der Waals surface area contributed by atoms with Crippen molar-refractivity contribution in [2.24, 2.45) is 5.92 Å². The second-order valence-electron chi connectivity index (χ2n) is 6.05. The Kier molecular flexibility index (Phi) is 3.49. The number of hydrogen-bond acceptors (Lipinski definition) is 3. The number of carboxylic acids is 1. The molecule has 0 spiro atoms. The van der Waals surface area contributed by atoms with E-state index in [-0.39, 0.29) is 17.5 Å². The molecule has 4 heteroatoms. The van der Waals surface area contributed by atoms with E-state index in [1.54, 1.807) is 12.1 Å². The molecule has 3 atom stereocenters. The lowest BCUT2D eigenvalue weighted by Gasteiger charge is -2.39. The van der Waals surface area contributed by atoms with Crippen LogP contribution in [0.2, 0.25) is 0 Å². The normalized spacial score (nSPS) is 24.7. The van der Waals surface area contributed by atoms with Crippen LogP contribution in [-0.4, -0.2) is 5.97 Å². The fraction of sp³-hybridized carbons (Fsp3) is 0.211. The van der Waals surface area contributed by atoms with Gasteiger partial charge in [0.05, 0.1) is 12.0 Å². The molecule has 0 saturated carbocycles. The smallest absolute Gasteiger partial charge is 0.0736 e. The number of allylic oxidation sites excluding steroid dienone is 2. The van der Waals surface area contributed by atoms with E-state index < -0.39 is 5.97 Å². The summed E-state index contributed by atoms with van der Waals surface area (Å²) in [5.74, 6) is -0.512. The highest BCUT2D eigenvalue weighted by molar-refractivity contribution is 9.10. The van der Waals surface area contributed by atoms with Crippen molar-refractivity contribution in [2.45, 2.75) is 18.4 Å². The van der Waals surface area contributed by atoms with Crippen LogP contribution >= 0.6 is 15.9 Å². The fourth-order valence-electron chi connectivity index (χ4n) is 3.83. The summed E-state index contributed by atoms with van der Waals surface area (Å²) < 4.78 is 1.04. The van der Waals surface area contributed by atoms with Crippen molar-refractivity contribution in [3.8, 4) is 0 Å². The maximum Gasteiger partial charge on any atom is 0.0736 e. The Morgan fingerprint density at radius 1 is 1.13 bits per heavy atom. The van der Waals surface area contributed by atoms with Gasteiger partial charge in [-0.2, -0.15) is 0 Å². The lowest BCUT2D eigenvalue weighted by molar-refractivity contribution is -0.254. The third-order valence-corrected chi connectivity index (χ3v) is 5.58. The first kappa shape index (κ1) is 14.5. The van der Waals surface area contributed by atoms with Crippen LogP contribution in [0.15, 0.2) is 59.1 Å². The average molecular weight is 369 g/mol. The highest BCUT2D eigenvalue weighted by Gasteiger charge is 2.39. The number of para-hydroxylation sites is 1. The molecule has 0 bridgehead atoms. The van der Waals surface area contributed by atoms with Crippen LogP contribution in [0.3, 0.4) is 0 Å². The van der Waals surface area contributed by atoms with Crippen LogP contribution in [0, 0.1) is 5.92 Å². The third-order valence-electron chi connectivity index (χ3n) is 4.86. The Hall–Kier alpha value is -2.07. The minimum Gasteiger partial charge on any atom is -0.545 e. The van der Waals surface area contributed by atoms with Crippen molar-refractivity contribution in [3.05, 3.63) is 75.8 Å². The zero-order valence-corrected chi connectivity index (χ0v) is 13.9. The van der Waals surface area contributed by atoms with Crippen molar-refractivity contribution in [1.29, 1.82) is 0 Å². The van der Waals surface area contributed by atoms with E-state index in [0.29, 0.717) is 11.6 Å². The highest BCUT2D eigenvalue weighted by atomic mass is 79.9. The molecular weight excluding hydrogens is 354 g/mol. The number of hydrogen-bond donors (Lipinski definition) is 1. The first-order valence-electron chi connectivity index (χ1n) is 7.68. The molecule has 0 amide bonds. The van der Waals surface area contributed by atoms with Gasteiger partial charge >= 0.3 is 0 Å². The molecule has 2 aliphatic rings. The second kappa shape index (κ2) is 5.53. The Morgan fingerprint density at radius 3 is 2.70 bits per heavy atom. The van der Waals surface area contributed by atoms with Gasteiger partial charge in [0.1, 0.15) is 0 Å². The van der Waals surface area contributed by atoms with Gasteiger partial charge in [-0.15, -0.1) is 0 Å². The molecule has 1 N–H and O–H groups in total. The summed E-state index contributed by atoms with van der Waals surface area (Å²) in [6.45, 7) is 0. The number of anilines is 1. The van der Waals surface area contributed by atoms with Crippen molar-refractivity contribution >= 4 is 27.6 Å². The summed E-state index contributed by atoms with van der Waals surface area (Å²) in [6, 6.07) is 13.6. The van der Waals surface area contributed by atoms with E-state index in [1.807, 2.05) is 24.3 Å². The van der Waals surface area contributed by atoms with Gasteiger partial charge in [-0.25, -0.2) is 0 Å². The monoisotopic (exact) mass is 368 g/mol. The lowest BCUT2D eigenvalue weighted by Crippen LogP contribution is -2.32. The largest absolute Gasteiger partial charge is 0.545 e.